The van der Waals surface area contributed by atoms with Gasteiger partial charge in [-0.25, -0.2) is 8.42 Å². The SMILES string of the molecule is Cc1ccc(N(CC(=O)NCc2cccc3ccccc23)S(=O)(=O)c2ccccc2)c(C)c1. The highest BCUT2D eigenvalue weighted by molar-refractivity contribution is 7.92. The molecule has 168 valence electrons. The Morgan fingerprint density at radius 2 is 1.55 bits per heavy atom. The van der Waals surface area contributed by atoms with E-state index in [1.54, 1.807) is 36.4 Å². The summed E-state index contributed by atoms with van der Waals surface area (Å²) >= 11 is 0. The van der Waals surface area contributed by atoms with Crippen LogP contribution in [-0.2, 0) is 21.4 Å². The second-order valence-corrected chi connectivity index (χ2v) is 9.89. The van der Waals surface area contributed by atoms with Gasteiger partial charge in [0.1, 0.15) is 6.54 Å². The molecule has 0 unspecified atom stereocenters. The number of rotatable bonds is 7. The minimum atomic E-state index is -3.93. The van der Waals surface area contributed by atoms with E-state index >= 15 is 0 Å². The second-order valence-electron chi connectivity index (χ2n) is 8.03. The Morgan fingerprint density at radius 3 is 2.30 bits per heavy atom. The van der Waals surface area contributed by atoms with E-state index in [-0.39, 0.29) is 17.3 Å². The van der Waals surface area contributed by atoms with Gasteiger partial charge in [-0.3, -0.25) is 9.10 Å². The van der Waals surface area contributed by atoms with Gasteiger partial charge < -0.3 is 5.32 Å². The molecule has 0 atom stereocenters. The van der Waals surface area contributed by atoms with Crippen molar-refractivity contribution in [3.63, 3.8) is 0 Å². The summed E-state index contributed by atoms with van der Waals surface area (Å²) in [5.41, 5.74) is 3.28. The van der Waals surface area contributed by atoms with Crippen molar-refractivity contribution in [2.75, 3.05) is 10.8 Å². The Kier molecular flexibility index (Phi) is 6.47. The van der Waals surface area contributed by atoms with E-state index in [0.29, 0.717) is 12.2 Å². The average molecular weight is 459 g/mol. The number of carbonyl (C=O) groups is 1. The van der Waals surface area contributed by atoms with Crippen molar-refractivity contribution in [3.05, 3.63) is 108 Å². The van der Waals surface area contributed by atoms with Crippen molar-refractivity contribution in [1.29, 1.82) is 0 Å². The van der Waals surface area contributed by atoms with E-state index in [1.165, 1.54) is 4.31 Å². The zero-order valence-electron chi connectivity index (χ0n) is 18.7. The number of carbonyl (C=O) groups excluding carboxylic acids is 1. The van der Waals surface area contributed by atoms with Gasteiger partial charge in [-0.15, -0.1) is 0 Å². The molecule has 1 amide bonds. The molecule has 4 aromatic rings. The number of anilines is 1. The van der Waals surface area contributed by atoms with Crippen LogP contribution >= 0.6 is 0 Å². The molecule has 0 aromatic heterocycles. The number of benzene rings is 4. The lowest BCUT2D eigenvalue weighted by Crippen LogP contribution is -2.41. The lowest BCUT2D eigenvalue weighted by atomic mass is 10.0. The zero-order valence-corrected chi connectivity index (χ0v) is 19.5. The molecule has 0 spiro atoms. The highest BCUT2D eigenvalue weighted by atomic mass is 32.2. The maximum Gasteiger partial charge on any atom is 0.264 e. The van der Waals surface area contributed by atoms with Crippen LogP contribution in [0.4, 0.5) is 5.69 Å². The zero-order chi connectivity index (χ0) is 23.4. The Hall–Kier alpha value is -3.64. The number of hydrogen-bond acceptors (Lipinski definition) is 3. The summed E-state index contributed by atoms with van der Waals surface area (Å²) in [6, 6.07) is 27.6. The van der Waals surface area contributed by atoms with Gasteiger partial charge in [-0.1, -0.05) is 78.4 Å². The lowest BCUT2D eigenvalue weighted by molar-refractivity contribution is -0.119. The molecule has 0 fully saturated rings. The molecule has 0 heterocycles. The molecule has 0 saturated heterocycles. The molecular weight excluding hydrogens is 432 g/mol. The monoisotopic (exact) mass is 458 g/mol. The van der Waals surface area contributed by atoms with Crippen LogP contribution < -0.4 is 9.62 Å². The Balaban J connectivity index is 1.61. The predicted molar refractivity (Wildman–Crippen MR) is 133 cm³/mol. The molecule has 4 aromatic carbocycles. The molecule has 0 aliphatic rings. The summed E-state index contributed by atoms with van der Waals surface area (Å²) in [5.74, 6) is -0.373. The number of nitrogens with one attached hydrogen (secondary N) is 1. The summed E-state index contributed by atoms with van der Waals surface area (Å²) in [6.07, 6.45) is 0. The quantitative estimate of drug-likeness (QED) is 0.425. The molecule has 0 aliphatic carbocycles. The molecule has 0 aliphatic heterocycles. The van der Waals surface area contributed by atoms with E-state index < -0.39 is 10.0 Å². The number of hydrogen-bond donors (Lipinski definition) is 1. The molecule has 33 heavy (non-hydrogen) atoms. The molecular formula is C27H26N2O3S. The second kappa shape index (κ2) is 9.46. The summed E-state index contributed by atoms with van der Waals surface area (Å²) in [6.45, 7) is 3.80. The Bertz CT molecular complexity index is 1390. The van der Waals surface area contributed by atoms with Crippen molar-refractivity contribution < 1.29 is 13.2 Å². The standard InChI is InChI=1S/C27H26N2O3S/c1-20-15-16-26(21(2)17-20)29(33(31,32)24-12-4-3-5-13-24)19-27(30)28-18-23-11-8-10-22-9-6-7-14-25(22)23/h3-17H,18-19H2,1-2H3,(H,28,30). The first-order valence-corrected chi connectivity index (χ1v) is 12.2. The van der Waals surface area contributed by atoms with E-state index in [0.717, 1.165) is 27.5 Å². The third-order valence-corrected chi connectivity index (χ3v) is 7.37. The number of nitrogens with zero attached hydrogens (tertiary/aromatic N) is 1. The fourth-order valence-electron chi connectivity index (χ4n) is 3.93. The van der Waals surface area contributed by atoms with Crippen LogP contribution in [-0.4, -0.2) is 20.9 Å². The van der Waals surface area contributed by atoms with E-state index in [2.05, 4.69) is 5.32 Å². The number of sulfonamides is 1. The van der Waals surface area contributed by atoms with Gasteiger partial charge in [0.15, 0.2) is 0 Å². The smallest absolute Gasteiger partial charge is 0.264 e. The van der Waals surface area contributed by atoms with Crippen LogP contribution in [0.25, 0.3) is 10.8 Å². The van der Waals surface area contributed by atoms with Crippen LogP contribution in [0.1, 0.15) is 16.7 Å². The topological polar surface area (TPSA) is 66.5 Å². The van der Waals surface area contributed by atoms with Gasteiger partial charge in [0.2, 0.25) is 5.91 Å². The fraction of sp³-hybridized carbons (Fsp3) is 0.148. The highest BCUT2D eigenvalue weighted by Crippen LogP contribution is 2.27. The van der Waals surface area contributed by atoms with Crippen molar-refractivity contribution >= 4 is 32.4 Å². The van der Waals surface area contributed by atoms with E-state index in [4.69, 9.17) is 0 Å². The number of aryl methyl sites for hydroxylation is 2. The largest absolute Gasteiger partial charge is 0.350 e. The third kappa shape index (κ3) is 4.91. The van der Waals surface area contributed by atoms with Crippen LogP contribution in [0.15, 0.2) is 95.9 Å². The maximum absolute atomic E-state index is 13.5. The summed E-state index contributed by atoms with van der Waals surface area (Å²) in [7, 11) is -3.93. The van der Waals surface area contributed by atoms with Crippen molar-refractivity contribution in [1.82, 2.24) is 5.32 Å². The Morgan fingerprint density at radius 1 is 0.848 bits per heavy atom. The van der Waals surface area contributed by atoms with Gasteiger partial charge in [0.25, 0.3) is 10.0 Å². The summed E-state index contributed by atoms with van der Waals surface area (Å²) in [4.78, 5) is 13.1. The van der Waals surface area contributed by atoms with E-state index in [9.17, 15) is 13.2 Å². The molecule has 0 saturated carbocycles. The number of fused-ring (bicyclic) bond motifs is 1. The van der Waals surface area contributed by atoms with Gasteiger partial charge in [-0.05, 0) is 53.9 Å². The molecule has 4 rings (SSSR count). The number of amides is 1. The minimum absolute atomic E-state index is 0.145. The molecule has 0 bridgehead atoms. The van der Waals surface area contributed by atoms with Crippen molar-refractivity contribution in [2.45, 2.75) is 25.3 Å². The van der Waals surface area contributed by atoms with Gasteiger partial charge in [0, 0.05) is 6.54 Å². The summed E-state index contributed by atoms with van der Waals surface area (Å²) < 4.78 is 28.2. The third-order valence-electron chi connectivity index (χ3n) is 5.60. The highest BCUT2D eigenvalue weighted by Gasteiger charge is 2.28. The normalized spacial score (nSPS) is 11.3. The van der Waals surface area contributed by atoms with Crippen LogP contribution in [0.2, 0.25) is 0 Å². The molecule has 1 N–H and O–H groups in total. The first kappa shape index (κ1) is 22.6. The first-order chi connectivity index (χ1) is 15.9. The minimum Gasteiger partial charge on any atom is -0.350 e. The van der Waals surface area contributed by atoms with Gasteiger partial charge >= 0.3 is 0 Å². The maximum atomic E-state index is 13.5. The Labute approximate surface area is 194 Å². The lowest BCUT2D eigenvalue weighted by Gasteiger charge is -2.26. The predicted octanol–water partition coefficient (Wildman–Crippen LogP) is 4.97. The van der Waals surface area contributed by atoms with Gasteiger partial charge in [-0.2, -0.15) is 0 Å². The van der Waals surface area contributed by atoms with Crippen LogP contribution in [0.3, 0.4) is 0 Å². The fourth-order valence-corrected chi connectivity index (χ4v) is 5.44. The molecule has 6 heteroatoms. The van der Waals surface area contributed by atoms with E-state index in [1.807, 2.05) is 68.4 Å². The van der Waals surface area contributed by atoms with Gasteiger partial charge in [0.05, 0.1) is 10.6 Å². The summed E-state index contributed by atoms with van der Waals surface area (Å²) in [5, 5.41) is 5.05. The first-order valence-electron chi connectivity index (χ1n) is 10.7. The average Bonchev–Trinajstić information content (AvgIpc) is 2.82. The van der Waals surface area contributed by atoms with Crippen LogP contribution in [0.5, 0.6) is 0 Å². The molecule has 5 nitrogen and oxygen atoms in total. The van der Waals surface area contributed by atoms with Crippen LogP contribution in [0, 0.1) is 13.8 Å². The van der Waals surface area contributed by atoms with Crippen molar-refractivity contribution in [2.24, 2.45) is 0 Å². The van der Waals surface area contributed by atoms with Crippen molar-refractivity contribution in [3.8, 4) is 0 Å². The molecule has 0 radical (unpaired) electrons.